The van der Waals surface area contributed by atoms with Gasteiger partial charge in [-0.15, -0.1) is 0 Å². The number of anilines is 1. The van der Waals surface area contributed by atoms with Gasteiger partial charge in [0.05, 0.1) is 12.9 Å². The number of hydrogen-bond donors (Lipinski definition) is 4. The van der Waals surface area contributed by atoms with Crippen LogP contribution in [0.15, 0.2) is 6.33 Å². The molecule has 0 spiro atoms. The summed E-state index contributed by atoms with van der Waals surface area (Å²) in [6.07, 6.45) is -1.51. The summed E-state index contributed by atoms with van der Waals surface area (Å²) in [6, 6.07) is 0. The molecule has 114 valence electrons. The lowest BCUT2D eigenvalue weighted by molar-refractivity contribution is -0.0583. The van der Waals surface area contributed by atoms with Gasteiger partial charge in [0, 0.05) is 7.11 Å². The number of methoxy groups -OCH3 is 1. The first-order valence-corrected chi connectivity index (χ1v) is 6.67. The molecule has 1 aliphatic rings. The molecule has 1 saturated heterocycles. The normalized spacial score (nSPS) is 29.3. The number of aromatic nitrogens is 4. The minimum atomic E-state index is -0.954. The molecule has 21 heavy (non-hydrogen) atoms. The summed E-state index contributed by atoms with van der Waals surface area (Å²) < 4.78 is 12.8. The fourth-order valence-electron chi connectivity index (χ4n) is 2.49. The average molecular weight is 313 g/mol. The number of nitrogens with zero attached hydrogens (tertiary/aromatic N) is 3. The van der Waals surface area contributed by atoms with Crippen molar-refractivity contribution in [2.75, 3.05) is 19.5 Å². The van der Waals surface area contributed by atoms with Crippen LogP contribution in [-0.2, 0) is 9.47 Å². The number of ether oxygens (including phenoxy) is 2. The highest BCUT2D eigenvalue weighted by Gasteiger charge is 2.45. The van der Waals surface area contributed by atoms with E-state index < -0.39 is 24.5 Å². The molecule has 0 aromatic carbocycles. The Kier molecular flexibility index (Phi) is 3.63. The van der Waals surface area contributed by atoms with Crippen molar-refractivity contribution >= 4 is 29.3 Å². The Bertz CT molecular complexity index is 716. The number of aliphatic hydroxyl groups excluding tert-OH is 2. The summed E-state index contributed by atoms with van der Waals surface area (Å²) in [6.45, 7) is -0.316. The van der Waals surface area contributed by atoms with Crippen LogP contribution in [0.1, 0.15) is 6.23 Å². The van der Waals surface area contributed by atoms with Gasteiger partial charge in [0.25, 0.3) is 0 Å². The molecule has 1 aliphatic heterocycles. The molecular formula is C11H15N5O4S. The third-order valence-corrected chi connectivity index (χ3v) is 3.79. The van der Waals surface area contributed by atoms with Gasteiger partial charge in [-0.2, -0.15) is 0 Å². The number of nitrogens with one attached hydrogen (secondary N) is 1. The molecule has 9 nitrogen and oxygen atoms in total. The third-order valence-electron chi connectivity index (χ3n) is 3.50. The van der Waals surface area contributed by atoms with Crippen LogP contribution < -0.4 is 5.73 Å². The quantitative estimate of drug-likeness (QED) is 0.549. The molecule has 4 atom stereocenters. The van der Waals surface area contributed by atoms with Gasteiger partial charge in [0.2, 0.25) is 0 Å². The maximum absolute atomic E-state index is 10.1. The molecule has 3 rings (SSSR count). The largest absolute Gasteiger partial charge is 0.394 e. The zero-order valence-electron chi connectivity index (χ0n) is 11.1. The summed E-state index contributed by atoms with van der Waals surface area (Å²) in [4.78, 5) is 11.0. The lowest BCUT2D eigenvalue weighted by atomic mass is 10.1. The molecule has 10 heteroatoms. The summed E-state index contributed by atoms with van der Waals surface area (Å²) >= 11 is 5.11. The lowest BCUT2D eigenvalue weighted by Gasteiger charge is -2.20. The first-order valence-electron chi connectivity index (χ1n) is 6.26. The predicted octanol–water partition coefficient (Wildman–Crippen LogP) is -0.663. The Labute approximate surface area is 124 Å². The van der Waals surface area contributed by atoms with Gasteiger partial charge in [0.15, 0.2) is 16.8 Å². The Morgan fingerprint density at radius 3 is 3.05 bits per heavy atom. The second-order valence-corrected chi connectivity index (χ2v) is 5.10. The van der Waals surface area contributed by atoms with E-state index in [2.05, 4.69) is 15.0 Å². The number of H-pyrrole nitrogens is 1. The monoisotopic (exact) mass is 313 g/mol. The maximum atomic E-state index is 10.1. The number of fused-ring (bicyclic) bond motifs is 1. The minimum absolute atomic E-state index is 0.153. The van der Waals surface area contributed by atoms with Crippen molar-refractivity contribution in [2.24, 2.45) is 0 Å². The van der Waals surface area contributed by atoms with Crippen LogP contribution in [0.3, 0.4) is 0 Å². The second-order valence-electron chi connectivity index (χ2n) is 4.71. The van der Waals surface area contributed by atoms with E-state index in [1.807, 2.05) is 0 Å². The Hall–Kier alpha value is -1.59. The number of nitrogens with two attached hydrogens (primary N) is 1. The van der Waals surface area contributed by atoms with E-state index >= 15 is 0 Å². The first kappa shape index (κ1) is 14.4. The van der Waals surface area contributed by atoms with Crippen molar-refractivity contribution in [1.82, 2.24) is 19.5 Å². The third kappa shape index (κ3) is 2.21. The highest BCUT2D eigenvalue weighted by Crippen LogP contribution is 2.33. The molecule has 4 unspecified atom stereocenters. The molecule has 0 aliphatic carbocycles. The van der Waals surface area contributed by atoms with E-state index in [0.717, 1.165) is 0 Å². The summed E-state index contributed by atoms with van der Waals surface area (Å²) in [5.74, 6) is 0.153. The smallest absolute Gasteiger partial charge is 0.200 e. The number of hydrogen-bond acceptors (Lipinski definition) is 8. The van der Waals surface area contributed by atoms with Gasteiger partial charge in [-0.3, -0.25) is 4.57 Å². The number of nitrogen functional groups attached to an aromatic ring is 1. The Balaban J connectivity index is 2.10. The van der Waals surface area contributed by atoms with Gasteiger partial charge >= 0.3 is 0 Å². The van der Waals surface area contributed by atoms with E-state index in [0.29, 0.717) is 11.2 Å². The zero-order chi connectivity index (χ0) is 15.1. The number of imidazole rings is 1. The molecule has 0 amide bonds. The van der Waals surface area contributed by atoms with Crippen molar-refractivity contribution in [3.8, 4) is 0 Å². The van der Waals surface area contributed by atoms with Gasteiger partial charge in [0.1, 0.15) is 29.5 Å². The fraction of sp³-hybridized carbons (Fsp3) is 0.545. The molecule has 0 bridgehead atoms. The van der Waals surface area contributed by atoms with E-state index in [-0.39, 0.29) is 17.2 Å². The summed E-state index contributed by atoms with van der Waals surface area (Å²) in [5, 5.41) is 19.3. The van der Waals surface area contributed by atoms with Crippen LogP contribution >= 0.6 is 12.2 Å². The lowest BCUT2D eigenvalue weighted by Crippen LogP contribution is -2.34. The van der Waals surface area contributed by atoms with E-state index in [9.17, 15) is 10.2 Å². The Morgan fingerprint density at radius 1 is 1.62 bits per heavy atom. The molecule has 1 fully saturated rings. The van der Waals surface area contributed by atoms with Crippen LogP contribution in [0.25, 0.3) is 11.2 Å². The van der Waals surface area contributed by atoms with Gasteiger partial charge in [-0.1, -0.05) is 12.2 Å². The van der Waals surface area contributed by atoms with E-state index in [1.165, 1.54) is 13.4 Å². The van der Waals surface area contributed by atoms with Crippen molar-refractivity contribution in [3.63, 3.8) is 0 Å². The number of rotatable bonds is 3. The SMILES string of the molecule is COC1C(O)C(CO)OC1n1cnc2c(=S)nc(N)[nH]c21. The van der Waals surface area contributed by atoms with Gasteiger partial charge in [-0.25, -0.2) is 9.97 Å². The van der Waals surface area contributed by atoms with Crippen molar-refractivity contribution in [1.29, 1.82) is 0 Å². The van der Waals surface area contributed by atoms with E-state index in [1.54, 1.807) is 4.57 Å². The van der Waals surface area contributed by atoms with E-state index in [4.69, 9.17) is 27.4 Å². The summed E-state index contributed by atoms with van der Waals surface area (Å²) in [7, 11) is 1.46. The van der Waals surface area contributed by atoms with Crippen LogP contribution in [0.5, 0.6) is 0 Å². The first-order chi connectivity index (χ1) is 10.1. The highest BCUT2D eigenvalue weighted by atomic mass is 32.1. The van der Waals surface area contributed by atoms with Crippen LogP contribution in [0, 0.1) is 4.64 Å². The zero-order valence-corrected chi connectivity index (χ0v) is 11.9. The number of aliphatic hydroxyl groups is 2. The molecule has 3 heterocycles. The highest BCUT2D eigenvalue weighted by molar-refractivity contribution is 7.71. The van der Waals surface area contributed by atoms with Crippen LogP contribution in [0.2, 0.25) is 0 Å². The second kappa shape index (κ2) is 5.31. The predicted molar refractivity (Wildman–Crippen MR) is 74.9 cm³/mol. The average Bonchev–Trinajstić information content (AvgIpc) is 2.99. The fourth-order valence-corrected chi connectivity index (χ4v) is 2.74. The maximum Gasteiger partial charge on any atom is 0.200 e. The molecule has 2 aromatic rings. The van der Waals surface area contributed by atoms with Gasteiger partial charge < -0.3 is 30.4 Å². The van der Waals surface area contributed by atoms with Gasteiger partial charge in [-0.05, 0) is 0 Å². The van der Waals surface area contributed by atoms with Crippen molar-refractivity contribution < 1.29 is 19.7 Å². The minimum Gasteiger partial charge on any atom is -0.394 e. The van der Waals surface area contributed by atoms with Crippen LogP contribution in [0.4, 0.5) is 5.95 Å². The van der Waals surface area contributed by atoms with Crippen molar-refractivity contribution in [2.45, 2.75) is 24.5 Å². The van der Waals surface area contributed by atoms with Crippen LogP contribution in [-0.4, -0.2) is 61.8 Å². The molecular weight excluding hydrogens is 298 g/mol. The van der Waals surface area contributed by atoms with Crippen molar-refractivity contribution in [3.05, 3.63) is 11.0 Å². The summed E-state index contributed by atoms with van der Waals surface area (Å²) in [5.41, 5.74) is 6.65. The topological polar surface area (TPSA) is 131 Å². The molecule has 5 N–H and O–H groups in total. The molecule has 2 aromatic heterocycles. The Morgan fingerprint density at radius 2 is 2.38 bits per heavy atom. The molecule has 0 saturated carbocycles. The standard InChI is InChI=1S/C11H15N5O4S/c1-19-7-6(18)4(2-17)20-10(7)16-3-13-5-8(16)14-11(12)15-9(5)21/h3-4,6-7,10,17-18H,2H2,1H3,(H3,12,14,15,21). The number of aromatic amines is 1. The molecule has 0 radical (unpaired) electrons.